The Morgan fingerprint density at radius 3 is 3.00 bits per heavy atom. The van der Waals surface area contributed by atoms with Gasteiger partial charge in [0.25, 0.3) is 0 Å². The van der Waals surface area contributed by atoms with Crippen molar-refractivity contribution < 1.29 is 0 Å². The van der Waals surface area contributed by atoms with E-state index in [4.69, 9.17) is 0 Å². The van der Waals surface area contributed by atoms with Crippen LogP contribution in [0.3, 0.4) is 0 Å². The zero-order valence-corrected chi connectivity index (χ0v) is 10.9. The van der Waals surface area contributed by atoms with Crippen LogP contribution >= 0.6 is 0 Å². The molecule has 1 heterocycles. The molecule has 0 amide bonds. The number of anilines is 1. The van der Waals surface area contributed by atoms with Crippen LogP contribution in [0.4, 0.5) is 5.82 Å². The van der Waals surface area contributed by atoms with Crippen LogP contribution in [0.5, 0.6) is 0 Å². The van der Waals surface area contributed by atoms with Gasteiger partial charge in [-0.15, -0.1) is 0 Å². The van der Waals surface area contributed by atoms with Crippen molar-refractivity contribution in [2.24, 2.45) is 5.92 Å². The lowest BCUT2D eigenvalue weighted by Gasteiger charge is -2.18. The molecule has 1 aliphatic carbocycles. The lowest BCUT2D eigenvalue weighted by atomic mass is 10.2. The Balaban J connectivity index is 1.90. The largest absolute Gasteiger partial charge is 0.359 e. The molecule has 0 radical (unpaired) electrons. The fourth-order valence-electron chi connectivity index (χ4n) is 1.97. The second-order valence-corrected chi connectivity index (χ2v) is 5.02. The molecule has 0 unspecified atom stereocenters. The fraction of sp³-hybridized carbons (Fsp3) is 0.643. The molecular weight excluding hydrogens is 210 g/mol. The average molecular weight is 233 g/mol. The molecule has 0 saturated heterocycles. The first-order valence-corrected chi connectivity index (χ1v) is 6.66. The van der Waals surface area contributed by atoms with Crippen LogP contribution in [0.15, 0.2) is 18.3 Å². The summed E-state index contributed by atoms with van der Waals surface area (Å²) < 4.78 is 0. The van der Waals surface area contributed by atoms with Crippen molar-refractivity contribution in [3.8, 4) is 0 Å². The Morgan fingerprint density at radius 1 is 1.47 bits per heavy atom. The van der Waals surface area contributed by atoms with Crippen molar-refractivity contribution in [1.29, 1.82) is 0 Å². The molecule has 1 N–H and O–H groups in total. The minimum atomic E-state index is 0.906. The molecule has 0 bridgehead atoms. The van der Waals surface area contributed by atoms with Gasteiger partial charge < -0.3 is 10.2 Å². The second-order valence-electron chi connectivity index (χ2n) is 5.02. The van der Waals surface area contributed by atoms with Crippen LogP contribution in [-0.4, -0.2) is 25.1 Å². The highest BCUT2D eigenvalue weighted by atomic mass is 15.2. The Morgan fingerprint density at radius 2 is 2.29 bits per heavy atom. The van der Waals surface area contributed by atoms with Gasteiger partial charge in [0.15, 0.2) is 0 Å². The molecule has 2 rings (SSSR count). The first-order chi connectivity index (χ1) is 8.29. The van der Waals surface area contributed by atoms with Crippen molar-refractivity contribution in [1.82, 2.24) is 10.3 Å². The molecular formula is C14H23N3. The number of hydrogen-bond donors (Lipinski definition) is 1. The van der Waals surface area contributed by atoms with Crippen LogP contribution in [-0.2, 0) is 6.54 Å². The van der Waals surface area contributed by atoms with Crippen LogP contribution < -0.4 is 10.2 Å². The second kappa shape index (κ2) is 6.01. The van der Waals surface area contributed by atoms with Gasteiger partial charge in [0.1, 0.15) is 5.82 Å². The lowest BCUT2D eigenvalue weighted by molar-refractivity contribution is 0.674. The summed E-state index contributed by atoms with van der Waals surface area (Å²) in [5.74, 6) is 2.01. The summed E-state index contributed by atoms with van der Waals surface area (Å²) in [7, 11) is 2.14. The number of rotatable bonds is 7. The quantitative estimate of drug-likeness (QED) is 0.733. The minimum absolute atomic E-state index is 0.906. The van der Waals surface area contributed by atoms with Crippen molar-refractivity contribution in [3.05, 3.63) is 23.9 Å². The number of hydrogen-bond acceptors (Lipinski definition) is 3. The maximum Gasteiger partial charge on any atom is 0.128 e. The molecule has 0 atom stereocenters. The Bertz CT molecular complexity index is 347. The smallest absolute Gasteiger partial charge is 0.128 e. The van der Waals surface area contributed by atoms with Crippen molar-refractivity contribution in [2.45, 2.75) is 32.7 Å². The fourth-order valence-corrected chi connectivity index (χ4v) is 1.97. The van der Waals surface area contributed by atoms with Crippen LogP contribution in [0, 0.1) is 5.92 Å². The third-order valence-corrected chi connectivity index (χ3v) is 3.19. The maximum absolute atomic E-state index is 4.45. The van der Waals surface area contributed by atoms with Gasteiger partial charge in [-0.25, -0.2) is 4.98 Å². The summed E-state index contributed by atoms with van der Waals surface area (Å²) in [6.45, 7) is 5.36. The van der Waals surface area contributed by atoms with Gasteiger partial charge in [0.05, 0.1) is 0 Å². The lowest BCUT2D eigenvalue weighted by Crippen LogP contribution is -2.21. The maximum atomic E-state index is 4.45. The van der Waals surface area contributed by atoms with E-state index in [1.54, 1.807) is 0 Å². The number of pyridine rings is 1. The minimum Gasteiger partial charge on any atom is -0.359 e. The summed E-state index contributed by atoms with van der Waals surface area (Å²) in [5.41, 5.74) is 1.33. The third kappa shape index (κ3) is 4.00. The molecule has 1 fully saturated rings. The topological polar surface area (TPSA) is 28.2 Å². The van der Waals surface area contributed by atoms with Gasteiger partial charge in [0.2, 0.25) is 0 Å². The zero-order chi connectivity index (χ0) is 12.1. The Kier molecular flexibility index (Phi) is 4.37. The zero-order valence-electron chi connectivity index (χ0n) is 10.9. The highest BCUT2D eigenvalue weighted by molar-refractivity contribution is 5.40. The van der Waals surface area contributed by atoms with E-state index < -0.39 is 0 Å². The molecule has 1 aliphatic rings. The summed E-state index contributed by atoms with van der Waals surface area (Å²) in [4.78, 5) is 6.73. The van der Waals surface area contributed by atoms with E-state index in [1.807, 2.05) is 6.20 Å². The van der Waals surface area contributed by atoms with Gasteiger partial charge >= 0.3 is 0 Å². The van der Waals surface area contributed by atoms with E-state index in [-0.39, 0.29) is 0 Å². The standard InChI is InChI=1S/C14H23N3/c1-3-7-15-10-13-6-8-16-14(9-13)17(2)11-12-4-5-12/h6,8-9,12,15H,3-5,7,10-11H2,1-2H3. The van der Waals surface area contributed by atoms with E-state index in [1.165, 1.54) is 24.8 Å². The molecule has 3 nitrogen and oxygen atoms in total. The molecule has 1 aromatic heterocycles. The van der Waals surface area contributed by atoms with Crippen molar-refractivity contribution in [2.75, 3.05) is 25.0 Å². The molecule has 17 heavy (non-hydrogen) atoms. The van der Waals surface area contributed by atoms with Crippen LogP contribution in [0.1, 0.15) is 31.7 Å². The first kappa shape index (κ1) is 12.4. The first-order valence-electron chi connectivity index (χ1n) is 6.66. The van der Waals surface area contributed by atoms with E-state index >= 15 is 0 Å². The predicted octanol–water partition coefficient (Wildman–Crippen LogP) is 2.43. The van der Waals surface area contributed by atoms with Crippen molar-refractivity contribution >= 4 is 5.82 Å². The van der Waals surface area contributed by atoms with E-state index in [2.05, 4.69) is 41.3 Å². The van der Waals surface area contributed by atoms with Gasteiger partial charge in [-0.1, -0.05) is 6.92 Å². The SMILES string of the molecule is CCCNCc1ccnc(N(C)CC2CC2)c1. The van der Waals surface area contributed by atoms with Crippen LogP contribution in [0.25, 0.3) is 0 Å². The Labute approximate surface area is 104 Å². The average Bonchev–Trinajstić information content (AvgIpc) is 3.14. The van der Waals surface area contributed by atoms with Gasteiger partial charge in [-0.3, -0.25) is 0 Å². The number of nitrogens with zero attached hydrogens (tertiary/aromatic N) is 2. The number of nitrogens with one attached hydrogen (secondary N) is 1. The highest BCUT2D eigenvalue weighted by Gasteiger charge is 2.23. The molecule has 94 valence electrons. The molecule has 3 heteroatoms. The molecule has 0 aromatic carbocycles. The predicted molar refractivity (Wildman–Crippen MR) is 72.2 cm³/mol. The van der Waals surface area contributed by atoms with Crippen molar-refractivity contribution in [3.63, 3.8) is 0 Å². The molecule has 0 aliphatic heterocycles. The summed E-state index contributed by atoms with van der Waals surface area (Å²) in [6, 6.07) is 4.29. The van der Waals surface area contributed by atoms with E-state index in [0.29, 0.717) is 0 Å². The summed E-state index contributed by atoms with van der Waals surface area (Å²) >= 11 is 0. The normalized spacial score (nSPS) is 14.9. The number of aromatic nitrogens is 1. The Hall–Kier alpha value is -1.09. The molecule has 1 saturated carbocycles. The molecule has 1 aromatic rings. The third-order valence-electron chi connectivity index (χ3n) is 3.19. The van der Waals surface area contributed by atoms with Gasteiger partial charge in [-0.05, 0) is 49.4 Å². The molecule has 0 spiro atoms. The highest BCUT2D eigenvalue weighted by Crippen LogP contribution is 2.30. The van der Waals surface area contributed by atoms with Crippen LogP contribution in [0.2, 0.25) is 0 Å². The van der Waals surface area contributed by atoms with E-state index in [0.717, 1.165) is 31.4 Å². The van der Waals surface area contributed by atoms with Gasteiger partial charge in [0, 0.05) is 26.3 Å². The summed E-state index contributed by atoms with van der Waals surface area (Å²) in [6.07, 6.45) is 5.88. The van der Waals surface area contributed by atoms with E-state index in [9.17, 15) is 0 Å². The summed E-state index contributed by atoms with van der Waals surface area (Å²) in [5, 5.41) is 3.42. The monoisotopic (exact) mass is 233 g/mol. The van der Waals surface area contributed by atoms with Gasteiger partial charge in [-0.2, -0.15) is 0 Å².